The van der Waals surface area contributed by atoms with Crippen LogP contribution in [-0.4, -0.2) is 44.6 Å². The Morgan fingerprint density at radius 3 is 2.50 bits per heavy atom. The topological polar surface area (TPSA) is 111 Å². The van der Waals surface area contributed by atoms with Crippen molar-refractivity contribution in [2.75, 3.05) is 23.3 Å². The predicted molar refractivity (Wildman–Crippen MR) is 142 cm³/mol. The summed E-state index contributed by atoms with van der Waals surface area (Å²) in [5.74, 6) is -2.27. The lowest BCUT2D eigenvalue weighted by atomic mass is 10.0. The quantitative estimate of drug-likeness (QED) is 0.399. The van der Waals surface area contributed by atoms with Gasteiger partial charge in [0.25, 0.3) is 11.5 Å². The molecule has 3 heterocycles. The van der Waals surface area contributed by atoms with E-state index in [4.69, 9.17) is 5.73 Å². The monoisotopic (exact) mass is 521 g/mol. The highest BCUT2D eigenvalue weighted by Crippen LogP contribution is 2.38. The van der Waals surface area contributed by atoms with Crippen LogP contribution < -0.4 is 21.5 Å². The van der Waals surface area contributed by atoms with Crippen molar-refractivity contribution in [2.24, 2.45) is 11.7 Å². The van der Waals surface area contributed by atoms with Gasteiger partial charge in [-0.1, -0.05) is 19.4 Å². The van der Waals surface area contributed by atoms with E-state index in [1.54, 1.807) is 12.3 Å². The number of carbonyl (C=O) groups excluding carboxylic acids is 1. The van der Waals surface area contributed by atoms with Crippen LogP contribution in [0.15, 0.2) is 53.5 Å². The number of nitrogens with two attached hydrogens (primary N) is 1. The summed E-state index contributed by atoms with van der Waals surface area (Å²) in [6, 6.07) is 9.29. The smallest absolute Gasteiger partial charge is 0.276 e. The number of benzene rings is 2. The highest BCUT2D eigenvalue weighted by Gasteiger charge is 2.32. The molecule has 4 aromatic rings. The summed E-state index contributed by atoms with van der Waals surface area (Å²) in [6.45, 7) is 7.53. The van der Waals surface area contributed by atoms with E-state index >= 15 is 0 Å². The van der Waals surface area contributed by atoms with Crippen LogP contribution in [0.25, 0.3) is 16.6 Å². The highest BCUT2D eigenvalue weighted by atomic mass is 19.1. The van der Waals surface area contributed by atoms with E-state index in [-0.39, 0.29) is 17.8 Å². The molecule has 0 spiro atoms. The number of nitrogens with zero attached hydrogens (tertiary/aromatic N) is 5. The largest absolute Gasteiger partial charge is 0.367 e. The van der Waals surface area contributed by atoms with Crippen LogP contribution in [0.3, 0.4) is 0 Å². The van der Waals surface area contributed by atoms with Crippen LogP contribution in [0.1, 0.15) is 43.7 Å². The third kappa shape index (κ3) is 4.43. The molecular weight excluding hydrogens is 492 g/mol. The van der Waals surface area contributed by atoms with Gasteiger partial charge in [0.15, 0.2) is 11.6 Å². The fourth-order valence-electron chi connectivity index (χ4n) is 5.04. The standard InChI is InChI=1S/C27H29F2N7O2/c1-4-16-13-34(14-20(16)30)25-17-12-31-35(15(2)3)23(17)10-8-21(25)32-27(38)22-9-11-24(37)36(33-22)26-18(28)6-5-7-19(26)29/h5-12,15-16,20H,4,13-14,30H2,1-3H3,(H,32,38)/t16-,20+/m1/s1. The van der Waals surface area contributed by atoms with Gasteiger partial charge in [-0.15, -0.1) is 0 Å². The van der Waals surface area contributed by atoms with Gasteiger partial charge in [0.1, 0.15) is 11.4 Å². The molecule has 0 aliphatic carbocycles. The number of aromatic nitrogens is 4. The van der Waals surface area contributed by atoms with Gasteiger partial charge in [0.05, 0.1) is 23.1 Å². The number of para-hydroxylation sites is 1. The second-order valence-electron chi connectivity index (χ2n) is 9.81. The zero-order chi connectivity index (χ0) is 27.1. The van der Waals surface area contributed by atoms with E-state index in [1.807, 2.05) is 24.6 Å². The minimum Gasteiger partial charge on any atom is -0.367 e. The second-order valence-corrected chi connectivity index (χ2v) is 9.81. The van der Waals surface area contributed by atoms with Crippen LogP contribution >= 0.6 is 0 Å². The van der Waals surface area contributed by atoms with Crippen molar-refractivity contribution in [1.29, 1.82) is 0 Å². The van der Waals surface area contributed by atoms with Crippen molar-refractivity contribution in [2.45, 2.75) is 39.3 Å². The Morgan fingerprint density at radius 2 is 1.84 bits per heavy atom. The zero-order valence-electron chi connectivity index (χ0n) is 21.4. The van der Waals surface area contributed by atoms with Crippen molar-refractivity contribution in [1.82, 2.24) is 19.6 Å². The fraction of sp³-hybridized carbons (Fsp3) is 0.333. The number of rotatable bonds is 6. The molecule has 2 aromatic heterocycles. The fourth-order valence-corrected chi connectivity index (χ4v) is 5.04. The van der Waals surface area contributed by atoms with Gasteiger partial charge >= 0.3 is 0 Å². The number of carbonyl (C=O) groups is 1. The molecule has 9 nitrogen and oxygen atoms in total. The molecule has 0 unspecified atom stereocenters. The molecule has 2 aromatic carbocycles. The molecule has 11 heteroatoms. The average Bonchev–Trinajstić information content (AvgIpc) is 3.48. The molecule has 3 N–H and O–H groups in total. The van der Waals surface area contributed by atoms with Crippen molar-refractivity contribution >= 4 is 28.2 Å². The van der Waals surface area contributed by atoms with Crippen LogP contribution in [0, 0.1) is 17.6 Å². The maximum Gasteiger partial charge on any atom is 0.276 e. The summed E-state index contributed by atoms with van der Waals surface area (Å²) < 4.78 is 31.2. The average molecular weight is 522 g/mol. The lowest BCUT2D eigenvalue weighted by molar-refractivity contribution is 0.102. The Balaban J connectivity index is 1.56. The van der Waals surface area contributed by atoms with Gasteiger partial charge in [-0.05, 0) is 50.1 Å². The summed E-state index contributed by atoms with van der Waals surface area (Å²) >= 11 is 0. The third-order valence-electron chi connectivity index (χ3n) is 7.00. The number of amides is 1. The number of hydrogen-bond donors (Lipinski definition) is 2. The van der Waals surface area contributed by atoms with Gasteiger partial charge in [0.2, 0.25) is 0 Å². The highest BCUT2D eigenvalue weighted by molar-refractivity contribution is 6.09. The van der Waals surface area contributed by atoms with E-state index < -0.39 is 28.8 Å². The van der Waals surface area contributed by atoms with Crippen LogP contribution in [-0.2, 0) is 0 Å². The van der Waals surface area contributed by atoms with Crippen LogP contribution in [0.4, 0.5) is 20.2 Å². The SMILES string of the molecule is CC[C@@H]1CN(c2c(NC(=O)c3ccc(=O)n(-c4c(F)cccc4F)n3)ccc3c2cnn3C(C)C)C[C@@H]1N. The summed E-state index contributed by atoms with van der Waals surface area (Å²) in [6.07, 6.45) is 2.71. The van der Waals surface area contributed by atoms with Crippen LogP contribution in [0.2, 0.25) is 0 Å². The number of anilines is 2. The predicted octanol–water partition coefficient (Wildman–Crippen LogP) is 3.87. The maximum absolute atomic E-state index is 14.4. The minimum atomic E-state index is -0.970. The number of nitrogens with one attached hydrogen (secondary N) is 1. The Kier molecular flexibility index (Phi) is 6.70. The molecule has 1 saturated heterocycles. The van der Waals surface area contributed by atoms with E-state index in [0.29, 0.717) is 22.8 Å². The van der Waals surface area contributed by atoms with E-state index in [0.717, 1.165) is 47.8 Å². The van der Waals surface area contributed by atoms with E-state index in [1.165, 1.54) is 12.1 Å². The molecule has 198 valence electrons. The summed E-state index contributed by atoms with van der Waals surface area (Å²) in [7, 11) is 0. The van der Waals surface area contributed by atoms with Crippen molar-refractivity contribution in [3.8, 4) is 5.69 Å². The Labute approximate surface area is 217 Å². The number of hydrogen-bond acceptors (Lipinski definition) is 6. The molecule has 38 heavy (non-hydrogen) atoms. The lowest BCUT2D eigenvalue weighted by Gasteiger charge is -2.23. The Hall–Kier alpha value is -4.12. The third-order valence-corrected chi connectivity index (χ3v) is 7.00. The minimum absolute atomic E-state index is 0.0140. The molecule has 1 amide bonds. The first kappa shape index (κ1) is 25.5. The van der Waals surface area contributed by atoms with Crippen molar-refractivity contribution in [3.63, 3.8) is 0 Å². The second kappa shape index (κ2) is 9.97. The van der Waals surface area contributed by atoms with Gasteiger partial charge < -0.3 is 16.0 Å². The van der Waals surface area contributed by atoms with Crippen LogP contribution in [0.5, 0.6) is 0 Å². The molecule has 2 atom stereocenters. The van der Waals surface area contributed by atoms with Gasteiger partial charge in [-0.2, -0.15) is 14.9 Å². The first-order chi connectivity index (χ1) is 18.2. The van der Waals surface area contributed by atoms with Crippen molar-refractivity contribution in [3.05, 3.63) is 76.3 Å². The molecule has 1 aliphatic heterocycles. The van der Waals surface area contributed by atoms with Gasteiger partial charge in [0, 0.05) is 36.6 Å². The number of halogens is 2. The summed E-state index contributed by atoms with van der Waals surface area (Å²) in [4.78, 5) is 27.9. The molecule has 1 aliphatic rings. The van der Waals surface area contributed by atoms with Gasteiger partial charge in [-0.25, -0.2) is 8.78 Å². The zero-order valence-corrected chi connectivity index (χ0v) is 21.4. The Morgan fingerprint density at radius 1 is 1.11 bits per heavy atom. The Bertz CT molecular complexity index is 1560. The summed E-state index contributed by atoms with van der Waals surface area (Å²) in [5.41, 5.74) is 7.05. The summed E-state index contributed by atoms with van der Waals surface area (Å²) in [5, 5.41) is 12.3. The lowest BCUT2D eigenvalue weighted by Crippen LogP contribution is -2.30. The molecule has 1 fully saturated rings. The molecule has 0 bridgehead atoms. The van der Waals surface area contributed by atoms with Gasteiger partial charge in [-0.3, -0.25) is 14.3 Å². The first-order valence-corrected chi connectivity index (χ1v) is 12.6. The normalized spacial score (nSPS) is 17.5. The number of fused-ring (bicyclic) bond motifs is 1. The maximum atomic E-state index is 14.4. The van der Waals surface area contributed by atoms with E-state index in [2.05, 4.69) is 27.3 Å². The molecule has 5 rings (SSSR count). The molecule has 0 saturated carbocycles. The first-order valence-electron chi connectivity index (χ1n) is 12.6. The van der Waals surface area contributed by atoms with E-state index in [9.17, 15) is 18.4 Å². The molecule has 0 radical (unpaired) electrons. The van der Waals surface area contributed by atoms with Crippen molar-refractivity contribution < 1.29 is 13.6 Å². The molecular formula is C27H29F2N7O2.